The van der Waals surface area contributed by atoms with Crippen molar-refractivity contribution in [1.29, 1.82) is 0 Å². The number of rotatable bonds is 5. The Kier molecular flexibility index (Phi) is 4.74. The van der Waals surface area contributed by atoms with Crippen LogP contribution in [0.5, 0.6) is 11.5 Å². The molecule has 5 nitrogen and oxygen atoms in total. The SMILES string of the molecule is CCOc1cc2c(cc1NS(=O)(=O)c1c(F)cc(F)cc1F)O[C@@H](C)C2. The van der Waals surface area contributed by atoms with Crippen molar-refractivity contribution >= 4 is 15.7 Å². The summed E-state index contributed by atoms with van der Waals surface area (Å²) in [6.45, 7) is 3.82. The molecule has 1 heterocycles. The molecule has 0 aromatic heterocycles. The van der Waals surface area contributed by atoms with Gasteiger partial charge in [-0.2, -0.15) is 0 Å². The third kappa shape index (κ3) is 3.44. The van der Waals surface area contributed by atoms with Crippen molar-refractivity contribution in [2.24, 2.45) is 0 Å². The van der Waals surface area contributed by atoms with E-state index < -0.39 is 32.4 Å². The van der Waals surface area contributed by atoms with Crippen molar-refractivity contribution in [2.75, 3.05) is 11.3 Å². The smallest absolute Gasteiger partial charge is 0.267 e. The molecule has 2 aromatic carbocycles. The third-order valence-electron chi connectivity index (χ3n) is 3.77. The first kappa shape index (κ1) is 18.4. The van der Waals surface area contributed by atoms with Gasteiger partial charge in [-0.1, -0.05) is 0 Å². The first-order chi connectivity index (χ1) is 12.2. The molecular formula is C17H16F3NO4S. The summed E-state index contributed by atoms with van der Waals surface area (Å²) in [6.07, 6.45) is 0.544. The molecule has 0 bridgehead atoms. The molecule has 0 saturated heterocycles. The fraction of sp³-hybridized carbons (Fsp3) is 0.294. The number of ether oxygens (including phenoxy) is 2. The zero-order valence-corrected chi connectivity index (χ0v) is 14.8. The maximum absolute atomic E-state index is 13.9. The minimum absolute atomic E-state index is 0.0252. The van der Waals surface area contributed by atoms with Gasteiger partial charge in [-0.15, -0.1) is 0 Å². The van der Waals surface area contributed by atoms with E-state index in [9.17, 15) is 21.6 Å². The van der Waals surface area contributed by atoms with E-state index in [4.69, 9.17) is 9.47 Å². The van der Waals surface area contributed by atoms with E-state index in [1.807, 2.05) is 6.92 Å². The maximum atomic E-state index is 13.9. The lowest BCUT2D eigenvalue weighted by molar-refractivity contribution is 0.254. The summed E-state index contributed by atoms with van der Waals surface area (Å²) < 4.78 is 78.8. The molecular weight excluding hydrogens is 371 g/mol. The number of nitrogens with one attached hydrogen (secondary N) is 1. The predicted octanol–water partition coefficient (Wildman–Crippen LogP) is 3.63. The summed E-state index contributed by atoms with van der Waals surface area (Å²) in [5, 5.41) is 0. The Morgan fingerprint density at radius 3 is 2.46 bits per heavy atom. The van der Waals surface area contributed by atoms with E-state index in [-0.39, 0.29) is 24.1 Å². The molecule has 1 N–H and O–H groups in total. The van der Waals surface area contributed by atoms with Crippen LogP contribution in [0.3, 0.4) is 0 Å². The fourth-order valence-corrected chi connectivity index (χ4v) is 3.96. The molecule has 9 heteroatoms. The Morgan fingerprint density at radius 1 is 1.19 bits per heavy atom. The van der Waals surface area contributed by atoms with Gasteiger partial charge in [0.25, 0.3) is 10.0 Å². The molecule has 140 valence electrons. The van der Waals surface area contributed by atoms with Gasteiger partial charge in [-0.05, 0) is 19.9 Å². The maximum Gasteiger partial charge on any atom is 0.267 e. The Bertz CT molecular complexity index is 940. The second-order valence-electron chi connectivity index (χ2n) is 5.83. The molecule has 2 aromatic rings. The topological polar surface area (TPSA) is 64.6 Å². The number of benzene rings is 2. The average molecular weight is 387 g/mol. The molecule has 1 aliphatic heterocycles. The van der Waals surface area contributed by atoms with Crippen LogP contribution in [-0.2, 0) is 16.4 Å². The van der Waals surface area contributed by atoms with E-state index in [1.54, 1.807) is 13.0 Å². The highest BCUT2D eigenvalue weighted by molar-refractivity contribution is 7.92. The average Bonchev–Trinajstić information content (AvgIpc) is 2.85. The highest BCUT2D eigenvalue weighted by atomic mass is 32.2. The summed E-state index contributed by atoms with van der Waals surface area (Å²) in [5.74, 6) is -3.61. The normalized spacial score (nSPS) is 16.1. The number of anilines is 1. The van der Waals surface area contributed by atoms with Crippen molar-refractivity contribution < 1.29 is 31.1 Å². The highest BCUT2D eigenvalue weighted by Crippen LogP contribution is 2.39. The number of hydrogen-bond donors (Lipinski definition) is 1. The number of halogens is 3. The van der Waals surface area contributed by atoms with Crippen molar-refractivity contribution in [3.8, 4) is 11.5 Å². The van der Waals surface area contributed by atoms with Crippen LogP contribution < -0.4 is 14.2 Å². The van der Waals surface area contributed by atoms with Crippen LogP contribution in [0.2, 0.25) is 0 Å². The van der Waals surface area contributed by atoms with Gasteiger partial charge in [0, 0.05) is 30.2 Å². The summed E-state index contributed by atoms with van der Waals surface area (Å²) in [7, 11) is -4.67. The van der Waals surface area contributed by atoms with Crippen molar-refractivity contribution in [3.05, 3.63) is 47.3 Å². The van der Waals surface area contributed by atoms with Gasteiger partial charge in [0.1, 0.15) is 35.1 Å². The Hall–Kier alpha value is -2.42. The van der Waals surface area contributed by atoms with Crippen molar-refractivity contribution in [3.63, 3.8) is 0 Å². The quantitative estimate of drug-likeness (QED) is 0.851. The monoisotopic (exact) mass is 387 g/mol. The molecule has 0 fully saturated rings. The van der Waals surface area contributed by atoms with Gasteiger partial charge in [-0.3, -0.25) is 4.72 Å². The van der Waals surface area contributed by atoms with Crippen LogP contribution >= 0.6 is 0 Å². The number of sulfonamides is 1. The van der Waals surface area contributed by atoms with Crippen LogP contribution in [0.15, 0.2) is 29.2 Å². The first-order valence-electron chi connectivity index (χ1n) is 7.85. The lowest BCUT2D eigenvalue weighted by atomic mass is 10.1. The molecule has 0 aliphatic carbocycles. The van der Waals surface area contributed by atoms with Crippen molar-refractivity contribution in [1.82, 2.24) is 0 Å². The highest BCUT2D eigenvalue weighted by Gasteiger charge is 2.28. The molecule has 3 rings (SSSR count). The van der Waals surface area contributed by atoms with Crippen LogP contribution in [0.1, 0.15) is 19.4 Å². The zero-order chi connectivity index (χ0) is 19.1. The summed E-state index contributed by atoms with van der Waals surface area (Å²) in [4.78, 5) is -1.27. The van der Waals surface area contributed by atoms with Crippen molar-refractivity contribution in [2.45, 2.75) is 31.3 Å². The van der Waals surface area contributed by atoms with Crippen LogP contribution in [-0.4, -0.2) is 21.1 Å². The number of fused-ring (bicyclic) bond motifs is 1. The molecule has 0 spiro atoms. The lowest BCUT2D eigenvalue weighted by Gasteiger charge is -2.15. The van der Waals surface area contributed by atoms with Gasteiger partial charge in [0.15, 0.2) is 4.90 Å². The minimum atomic E-state index is -4.67. The van der Waals surface area contributed by atoms with E-state index in [0.717, 1.165) is 5.56 Å². The molecule has 0 saturated carbocycles. The fourth-order valence-electron chi connectivity index (χ4n) is 2.78. The van der Waals surface area contributed by atoms with E-state index in [0.29, 0.717) is 24.3 Å². The van der Waals surface area contributed by atoms with Gasteiger partial charge in [0.05, 0.1) is 12.3 Å². The lowest BCUT2D eigenvalue weighted by Crippen LogP contribution is -2.17. The van der Waals surface area contributed by atoms with Gasteiger partial charge >= 0.3 is 0 Å². The predicted molar refractivity (Wildman–Crippen MR) is 88.5 cm³/mol. The molecule has 26 heavy (non-hydrogen) atoms. The summed E-state index contributed by atoms with van der Waals surface area (Å²) in [6, 6.07) is 3.63. The minimum Gasteiger partial charge on any atom is -0.492 e. The molecule has 0 unspecified atom stereocenters. The Morgan fingerprint density at radius 2 is 1.85 bits per heavy atom. The van der Waals surface area contributed by atoms with Crippen LogP contribution in [0.4, 0.5) is 18.9 Å². The molecule has 0 radical (unpaired) electrons. The van der Waals surface area contributed by atoms with E-state index in [2.05, 4.69) is 4.72 Å². The van der Waals surface area contributed by atoms with Gasteiger partial charge in [0.2, 0.25) is 0 Å². The Labute approximate surface area is 148 Å². The second-order valence-corrected chi connectivity index (χ2v) is 7.44. The van der Waals surface area contributed by atoms with Crippen LogP contribution in [0, 0.1) is 17.5 Å². The van der Waals surface area contributed by atoms with Gasteiger partial charge < -0.3 is 9.47 Å². The zero-order valence-electron chi connectivity index (χ0n) is 14.0. The van der Waals surface area contributed by atoms with Gasteiger partial charge in [-0.25, -0.2) is 21.6 Å². The first-order valence-corrected chi connectivity index (χ1v) is 9.33. The third-order valence-corrected chi connectivity index (χ3v) is 5.19. The second kappa shape index (κ2) is 6.71. The summed E-state index contributed by atoms with van der Waals surface area (Å²) >= 11 is 0. The largest absolute Gasteiger partial charge is 0.492 e. The van der Waals surface area contributed by atoms with E-state index >= 15 is 0 Å². The standard InChI is InChI=1S/C17H16F3NO4S/c1-3-24-16-5-10-4-9(2)25-15(10)8-14(16)21-26(22,23)17-12(19)6-11(18)7-13(17)20/h5-9,21H,3-4H2,1-2H3/t9-/m0/s1. The number of hydrogen-bond acceptors (Lipinski definition) is 4. The van der Waals surface area contributed by atoms with Crippen LogP contribution in [0.25, 0.3) is 0 Å². The van der Waals surface area contributed by atoms with E-state index in [1.165, 1.54) is 6.07 Å². The Balaban J connectivity index is 2.04. The molecule has 1 atom stereocenters. The molecule has 0 amide bonds. The molecule has 1 aliphatic rings. The summed E-state index contributed by atoms with van der Waals surface area (Å²) in [5.41, 5.74) is 0.811.